The molecule has 1 N–H and O–H groups in total. The molecule has 0 fully saturated rings. The van der Waals surface area contributed by atoms with Crippen molar-refractivity contribution in [2.24, 2.45) is 21.7 Å². The van der Waals surface area contributed by atoms with Gasteiger partial charge in [0, 0.05) is 24.1 Å². The number of hydrogen-bond donors (Lipinski definition) is 1. The van der Waals surface area contributed by atoms with Crippen molar-refractivity contribution in [2.75, 3.05) is 61.3 Å². The highest BCUT2D eigenvalue weighted by molar-refractivity contribution is 5.86. The zero-order chi connectivity index (χ0) is 49.6. The zero-order valence-corrected chi connectivity index (χ0v) is 43.1. The third-order valence-electron chi connectivity index (χ3n) is 10.6. The topological polar surface area (TPSA) is 178 Å². The molecule has 0 aromatic carbocycles. The molecule has 0 saturated heterocycles. The van der Waals surface area contributed by atoms with Gasteiger partial charge >= 0.3 is 23.9 Å². The number of carboxylic acid groups (broad SMARTS) is 1. The molecule has 0 rings (SSSR count). The minimum Gasteiger partial charge on any atom is -0.550 e. The Hall–Kier alpha value is -3.03. The van der Waals surface area contributed by atoms with Gasteiger partial charge in [-0.1, -0.05) is 113 Å². The highest BCUT2D eigenvalue weighted by atomic mass is 16.6. The van der Waals surface area contributed by atoms with Crippen LogP contribution in [0, 0.1) is 21.7 Å². The summed E-state index contributed by atoms with van der Waals surface area (Å²) in [5.41, 5.74) is -1.65. The summed E-state index contributed by atoms with van der Waals surface area (Å²) in [6.07, 6.45) is 16.2. The number of hydrogen-bond acceptors (Lipinski definition) is 13. The lowest BCUT2D eigenvalue weighted by molar-refractivity contribution is -0.317. The van der Waals surface area contributed by atoms with Gasteiger partial charge in [-0.15, -0.1) is 0 Å². The van der Waals surface area contributed by atoms with Crippen LogP contribution in [0.4, 0.5) is 0 Å². The molecule has 0 aromatic heterocycles. The van der Waals surface area contributed by atoms with Gasteiger partial charge in [-0.05, 0) is 101 Å². The molecule has 62 heavy (non-hydrogen) atoms. The van der Waals surface area contributed by atoms with Crippen LogP contribution in [0.5, 0.6) is 0 Å². The number of carboxylic acids is 1. The van der Waals surface area contributed by atoms with Crippen molar-refractivity contribution < 1.29 is 57.9 Å². The van der Waals surface area contributed by atoms with Crippen LogP contribution < -0.4 is 5.11 Å². The van der Waals surface area contributed by atoms with Gasteiger partial charge in [0.05, 0.1) is 30.0 Å². The van der Waals surface area contributed by atoms with E-state index in [9.17, 15) is 34.2 Å². The van der Waals surface area contributed by atoms with Crippen LogP contribution in [0.3, 0.4) is 0 Å². The summed E-state index contributed by atoms with van der Waals surface area (Å²) < 4.78 is 24.0. The highest BCUT2D eigenvalue weighted by Crippen LogP contribution is 2.23. The molecule has 370 valence electrons. The van der Waals surface area contributed by atoms with Crippen LogP contribution in [0.1, 0.15) is 187 Å². The Labute approximate surface area is 379 Å². The standard InChI is InChI=1S/C14H31N.C13H22O5.C9H18O3.C7H14O2.C6H12O2/c1-4-5-6-7-8-9-10-11-12-13-14-15(2)3;1-6-13(4,5)12(16)18-8-10(14)7-17-11(15)9(2)3;1-5-9(2,3)8(10)12-7-6-11-4;1-5-7(2,3)6(8)9-4;1-4-6(2,3)5(7)8/h4-14H2,1-3H3;10,14H,2,6-8H2,1,3-5H3;5-7H2,1-4H3;5H2,1-4H3;4H2,1-3H3,(H,7,8)/p-1. The summed E-state index contributed by atoms with van der Waals surface area (Å²) in [5, 5.41) is 19.6. The minimum atomic E-state index is -1.02. The van der Waals surface area contributed by atoms with E-state index in [1.54, 1.807) is 34.8 Å². The average molecular weight is 891 g/mol. The second-order valence-corrected chi connectivity index (χ2v) is 18.5. The van der Waals surface area contributed by atoms with E-state index in [1.807, 2.05) is 55.4 Å². The molecule has 0 saturated carbocycles. The average Bonchev–Trinajstić information content (AvgIpc) is 3.22. The molecular formula is C49H96NO12-. The third kappa shape index (κ3) is 41.0. The fourth-order valence-corrected chi connectivity index (χ4v) is 3.89. The summed E-state index contributed by atoms with van der Waals surface area (Å²) in [6.45, 7) is 30.9. The number of carbonyl (C=O) groups excluding carboxylic acids is 5. The number of rotatable bonds is 27. The second-order valence-electron chi connectivity index (χ2n) is 18.5. The summed E-state index contributed by atoms with van der Waals surface area (Å²) in [6, 6.07) is 0. The largest absolute Gasteiger partial charge is 0.550 e. The Morgan fingerprint density at radius 3 is 1.26 bits per heavy atom. The van der Waals surface area contributed by atoms with Crippen LogP contribution >= 0.6 is 0 Å². The van der Waals surface area contributed by atoms with Gasteiger partial charge in [0.1, 0.15) is 25.9 Å². The summed E-state index contributed by atoms with van der Waals surface area (Å²) in [7, 11) is 7.32. The SMILES string of the molecule is C=C(C)C(=O)OCC(O)COC(=O)C(C)(C)CC.CCC(C)(C)C(=O)OC.CCC(C)(C)C(=O)OCCOC.CCC(C)(C)C(=O)[O-].CCCCCCCCCCCCN(C)C. The number of methoxy groups -OCH3 is 2. The van der Waals surface area contributed by atoms with E-state index in [-0.39, 0.29) is 47.5 Å². The predicted molar refractivity (Wildman–Crippen MR) is 249 cm³/mol. The third-order valence-corrected chi connectivity index (χ3v) is 10.6. The van der Waals surface area contributed by atoms with Gasteiger partial charge in [0.25, 0.3) is 0 Å². The molecular weight excluding hydrogens is 795 g/mol. The van der Waals surface area contributed by atoms with Gasteiger partial charge in [-0.25, -0.2) is 4.79 Å². The number of aliphatic hydroxyl groups is 1. The fourth-order valence-electron chi connectivity index (χ4n) is 3.89. The molecule has 13 heteroatoms. The van der Waals surface area contributed by atoms with E-state index in [4.69, 9.17) is 18.9 Å². The Morgan fingerprint density at radius 1 is 0.581 bits per heavy atom. The number of esters is 4. The molecule has 13 nitrogen and oxygen atoms in total. The fraction of sp³-hybridized carbons (Fsp3) is 0.857. The first kappa shape index (κ1) is 68.0. The highest BCUT2D eigenvalue weighted by Gasteiger charge is 2.28. The molecule has 0 aliphatic heterocycles. The molecule has 0 spiro atoms. The van der Waals surface area contributed by atoms with Crippen LogP contribution in [-0.2, 0) is 47.7 Å². The maximum atomic E-state index is 11.6. The Balaban J connectivity index is -0.000000225. The van der Waals surface area contributed by atoms with Crippen molar-refractivity contribution in [1.29, 1.82) is 0 Å². The van der Waals surface area contributed by atoms with Crippen molar-refractivity contribution >= 4 is 29.8 Å². The number of aliphatic carboxylic acids is 1. The van der Waals surface area contributed by atoms with Gasteiger partial charge in [-0.3, -0.25) is 14.4 Å². The quantitative estimate of drug-likeness (QED) is 0.0357. The smallest absolute Gasteiger partial charge is 0.333 e. The van der Waals surface area contributed by atoms with E-state index in [1.165, 1.54) is 84.8 Å². The summed E-state index contributed by atoms with van der Waals surface area (Å²) in [5.74, 6) is -2.21. The molecule has 0 heterocycles. The normalized spacial score (nSPS) is 11.7. The molecule has 0 bridgehead atoms. The maximum absolute atomic E-state index is 11.6. The lowest BCUT2D eigenvalue weighted by Gasteiger charge is -2.22. The first-order chi connectivity index (χ1) is 28.6. The monoisotopic (exact) mass is 891 g/mol. The van der Waals surface area contributed by atoms with Crippen LogP contribution in [0.15, 0.2) is 12.2 Å². The Bertz CT molecular complexity index is 1180. The van der Waals surface area contributed by atoms with Crippen molar-refractivity contribution in [3.05, 3.63) is 12.2 Å². The molecule has 0 amide bonds. The zero-order valence-electron chi connectivity index (χ0n) is 43.1. The van der Waals surface area contributed by atoms with Gasteiger partial charge in [0.15, 0.2) is 0 Å². The van der Waals surface area contributed by atoms with E-state index in [0.717, 1.165) is 12.8 Å². The predicted octanol–water partition coefficient (Wildman–Crippen LogP) is 9.30. The van der Waals surface area contributed by atoms with Gasteiger partial charge < -0.3 is 43.6 Å². The van der Waals surface area contributed by atoms with Crippen molar-refractivity contribution in [1.82, 2.24) is 4.90 Å². The first-order valence-electron chi connectivity index (χ1n) is 22.9. The summed E-state index contributed by atoms with van der Waals surface area (Å²) >= 11 is 0. The first-order valence-corrected chi connectivity index (χ1v) is 22.9. The van der Waals surface area contributed by atoms with E-state index in [0.29, 0.717) is 26.1 Å². The molecule has 1 atom stereocenters. The molecule has 1 unspecified atom stereocenters. The second kappa shape index (κ2) is 39.6. The lowest BCUT2D eigenvalue weighted by Crippen LogP contribution is -2.37. The maximum Gasteiger partial charge on any atom is 0.333 e. The number of nitrogens with zero attached hydrogens (tertiary/aromatic N) is 1. The Kier molecular flexibility index (Phi) is 43.4. The number of carbonyl (C=O) groups is 5. The van der Waals surface area contributed by atoms with Gasteiger partial charge in [0.2, 0.25) is 0 Å². The molecule has 0 aromatic rings. The molecule has 0 aliphatic carbocycles. The summed E-state index contributed by atoms with van der Waals surface area (Å²) in [4.78, 5) is 57.2. The molecule has 0 radical (unpaired) electrons. The van der Waals surface area contributed by atoms with Gasteiger partial charge in [-0.2, -0.15) is 0 Å². The minimum absolute atomic E-state index is 0.134. The van der Waals surface area contributed by atoms with Crippen molar-refractivity contribution in [3.63, 3.8) is 0 Å². The number of aliphatic hydroxyl groups excluding tert-OH is 1. The van der Waals surface area contributed by atoms with Crippen LogP contribution in [0.2, 0.25) is 0 Å². The van der Waals surface area contributed by atoms with E-state index in [2.05, 4.69) is 37.2 Å². The molecule has 0 aliphatic rings. The van der Waals surface area contributed by atoms with Crippen LogP contribution in [0.25, 0.3) is 0 Å². The Morgan fingerprint density at radius 2 is 0.952 bits per heavy atom. The van der Waals surface area contributed by atoms with Crippen molar-refractivity contribution in [2.45, 2.75) is 193 Å². The number of unbranched alkanes of at least 4 members (excludes halogenated alkanes) is 9. The van der Waals surface area contributed by atoms with Crippen molar-refractivity contribution in [3.8, 4) is 0 Å². The van der Waals surface area contributed by atoms with Crippen LogP contribution in [-0.4, -0.2) is 107 Å². The lowest BCUT2D eigenvalue weighted by atomic mass is 9.91. The van der Waals surface area contributed by atoms with E-state index < -0.39 is 28.9 Å². The van der Waals surface area contributed by atoms with E-state index >= 15 is 0 Å². The number of ether oxygens (including phenoxy) is 5.